The van der Waals surface area contributed by atoms with Crippen LogP contribution in [0.25, 0.3) is 0 Å². The van der Waals surface area contributed by atoms with E-state index < -0.39 is 0 Å². The average Bonchev–Trinajstić information content (AvgIpc) is 2.20. The fourth-order valence-electron chi connectivity index (χ4n) is 1.18. The van der Waals surface area contributed by atoms with Crippen molar-refractivity contribution < 1.29 is 9.53 Å². The zero-order valence-corrected chi connectivity index (χ0v) is 9.76. The zero-order chi connectivity index (χ0) is 10.4. The Morgan fingerprint density at radius 2 is 1.93 bits per heavy atom. The Hall–Kier alpha value is -1.06. The topological polar surface area (TPSA) is 38.3 Å². The first kappa shape index (κ1) is 13.9. The van der Waals surface area contributed by atoms with Gasteiger partial charge >= 0.3 is 5.97 Å². The third kappa shape index (κ3) is 4.32. The Morgan fingerprint density at radius 3 is 2.40 bits per heavy atom. The molecule has 3 nitrogen and oxygen atoms in total. The van der Waals surface area contributed by atoms with Crippen molar-refractivity contribution in [1.29, 1.82) is 0 Å². The van der Waals surface area contributed by atoms with Crippen molar-refractivity contribution >= 4 is 18.4 Å². The van der Waals surface area contributed by atoms with E-state index in [4.69, 9.17) is 4.74 Å². The Morgan fingerprint density at radius 1 is 1.33 bits per heavy atom. The van der Waals surface area contributed by atoms with Crippen molar-refractivity contribution in [3.05, 3.63) is 35.4 Å². The molecule has 0 saturated carbocycles. The maximum atomic E-state index is 11.3. The van der Waals surface area contributed by atoms with Crippen LogP contribution in [0.1, 0.15) is 22.8 Å². The van der Waals surface area contributed by atoms with Gasteiger partial charge in [-0.2, -0.15) is 0 Å². The normalized spacial score (nSPS) is 9.20. The number of rotatable bonds is 4. The summed E-state index contributed by atoms with van der Waals surface area (Å²) in [5, 5.41) is 3.04. The first-order valence-electron chi connectivity index (χ1n) is 4.68. The summed E-state index contributed by atoms with van der Waals surface area (Å²) >= 11 is 0. The largest absolute Gasteiger partial charge is 0.462 e. The molecule has 1 aromatic rings. The fraction of sp³-hybridized carbons (Fsp3) is 0.364. The van der Waals surface area contributed by atoms with Crippen LogP contribution in [-0.4, -0.2) is 19.6 Å². The number of halogens is 1. The quantitative estimate of drug-likeness (QED) is 0.803. The molecule has 0 heterocycles. The number of carbonyl (C=O) groups is 1. The van der Waals surface area contributed by atoms with Gasteiger partial charge < -0.3 is 10.1 Å². The first-order chi connectivity index (χ1) is 6.77. The van der Waals surface area contributed by atoms with Gasteiger partial charge in [-0.15, -0.1) is 12.4 Å². The standard InChI is InChI=1S/C11H15NO2.ClH/c1-3-14-11(13)10-6-4-9(5-7-10)8-12-2;/h4-7,12H,3,8H2,1-2H3;1H. The molecule has 0 aliphatic carbocycles. The molecule has 15 heavy (non-hydrogen) atoms. The highest BCUT2D eigenvalue weighted by molar-refractivity contribution is 5.89. The lowest BCUT2D eigenvalue weighted by atomic mass is 10.1. The molecule has 84 valence electrons. The molecule has 1 N–H and O–H groups in total. The van der Waals surface area contributed by atoms with Crippen molar-refractivity contribution in [2.75, 3.05) is 13.7 Å². The molecular formula is C11H16ClNO2. The van der Waals surface area contributed by atoms with Crippen LogP contribution in [0.2, 0.25) is 0 Å². The van der Waals surface area contributed by atoms with Gasteiger partial charge in [-0.05, 0) is 31.7 Å². The van der Waals surface area contributed by atoms with E-state index in [1.165, 1.54) is 0 Å². The average molecular weight is 230 g/mol. The molecule has 0 saturated heterocycles. The van der Waals surface area contributed by atoms with Gasteiger partial charge in [-0.3, -0.25) is 0 Å². The van der Waals surface area contributed by atoms with Crippen LogP contribution in [0.3, 0.4) is 0 Å². The number of nitrogens with one attached hydrogen (secondary N) is 1. The van der Waals surface area contributed by atoms with Gasteiger partial charge in [0.25, 0.3) is 0 Å². The predicted molar refractivity (Wildman–Crippen MR) is 62.4 cm³/mol. The minimum absolute atomic E-state index is 0. The highest BCUT2D eigenvalue weighted by Gasteiger charge is 2.04. The Balaban J connectivity index is 0.00000196. The van der Waals surface area contributed by atoms with Crippen LogP contribution in [0.4, 0.5) is 0 Å². The minimum atomic E-state index is -0.261. The van der Waals surface area contributed by atoms with E-state index >= 15 is 0 Å². The number of hydrogen-bond donors (Lipinski definition) is 1. The second-order valence-corrected chi connectivity index (χ2v) is 2.95. The smallest absolute Gasteiger partial charge is 0.338 e. The van der Waals surface area contributed by atoms with Crippen molar-refractivity contribution in [2.24, 2.45) is 0 Å². The van der Waals surface area contributed by atoms with Crippen molar-refractivity contribution in [3.8, 4) is 0 Å². The summed E-state index contributed by atoms with van der Waals surface area (Å²) in [5.41, 5.74) is 1.76. The second-order valence-electron chi connectivity index (χ2n) is 2.95. The number of hydrogen-bond acceptors (Lipinski definition) is 3. The van der Waals surface area contributed by atoms with Gasteiger partial charge in [0.2, 0.25) is 0 Å². The molecule has 0 aliphatic heterocycles. The number of ether oxygens (including phenoxy) is 1. The van der Waals surface area contributed by atoms with Crippen LogP contribution >= 0.6 is 12.4 Å². The highest BCUT2D eigenvalue weighted by Crippen LogP contribution is 2.05. The van der Waals surface area contributed by atoms with Crippen LogP contribution in [0, 0.1) is 0 Å². The maximum absolute atomic E-state index is 11.3. The lowest BCUT2D eigenvalue weighted by Gasteiger charge is -2.03. The predicted octanol–water partition coefficient (Wildman–Crippen LogP) is 2.00. The molecule has 1 aromatic carbocycles. The summed E-state index contributed by atoms with van der Waals surface area (Å²) in [6.45, 7) is 3.02. The van der Waals surface area contributed by atoms with Crippen LogP contribution < -0.4 is 5.32 Å². The lowest BCUT2D eigenvalue weighted by Crippen LogP contribution is -2.07. The molecule has 1 rings (SSSR count). The van der Waals surface area contributed by atoms with Crippen LogP contribution in [0.15, 0.2) is 24.3 Å². The van der Waals surface area contributed by atoms with Gasteiger partial charge in [0.05, 0.1) is 12.2 Å². The summed E-state index contributed by atoms with van der Waals surface area (Å²) < 4.78 is 4.87. The van der Waals surface area contributed by atoms with E-state index in [1.807, 2.05) is 19.2 Å². The Labute approximate surface area is 96.2 Å². The summed E-state index contributed by atoms with van der Waals surface area (Å²) in [7, 11) is 1.89. The molecule has 0 amide bonds. The van der Waals surface area contributed by atoms with Gasteiger partial charge in [-0.1, -0.05) is 12.1 Å². The highest BCUT2D eigenvalue weighted by atomic mass is 35.5. The molecule has 0 bridgehead atoms. The molecule has 4 heteroatoms. The minimum Gasteiger partial charge on any atom is -0.462 e. The van der Waals surface area contributed by atoms with Crippen molar-refractivity contribution in [1.82, 2.24) is 5.32 Å². The SMILES string of the molecule is CCOC(=O)c1ccc(CNC)cc1.Cl. The maximum Gasteiger partial charge on any atom is 0.338 e. The molecule has 0 aromatic heterocycles. The number of benzene rings is 1. The monoisotopic (exact) mass is 229 g/mol. The van der Waals surface area contributed by atoms with Crippen LogP contribution in [-0.2, 0) is 11.3 Å². The van der Waals surface area contributed by atoms with Gasteiger partial charge in [-0.25, -0.2) is 4.79 Å². The van der Waals surface area contributed by atoms with Crippen molar-refractivity contribution in [2.45, 2.75) is 13.5 Å². The third-order valence-electron chi connectivity index (χ3n) is 1.85. The molecule has 0 spiro atoms. The Bertz CT molecular complexity index is 298. The van der Waals surface area contributed by atoms with E-state index in [0.717, 1.165) is 12.1 Å². The third-order valence-corrected chi connectivity index (χ3v) is 1.85. The number of carbonyl (C=O) groups excluding carboxylic acids is 1. The summed E-state index contributed by atoms with van der Waals surface area (Å²) in [6.07, 6.45) is 0. The van der Waals surface area contributed by atoms with E-state index in [0.29, 0.717) is 12.2 Å². The molecular weight excluding hydrogens is 214 g/mol. The van der Waals surface area contributed by atoms with Gasteiger partial charge in [0.1, 0.15) is 0 Å². The Kier molecular flexibility index (Phi) is 6.75. The van der Waals surface area contributed by atoms with Crippen molar-refractivity contribution in [3.63, 3.8) is 0 Å². The fourth-order valence-corrected chi connectivity index (χ4v) is 1.18. The zero-order valence-electron chi connectivity index (χ0n) is 8.95. The molecule has 0 atom stereocenters. The van der Waals surface area contributed by atoms with E-state index in [2.05, 4.69) is 5.32 Å². The van der Waals surface area contributed by atoms with Gasteiger partial charge in [0, 0.05) is 6.54 Å². The number of esters is 1. The first-order valence-corrected chi connectivity index (χ1v) is 4.68. The summed E-state index contributed by atoms with van der Waals surface area (Å²) in [5.74, 6) is -0.261. The van der Waals surface area contributed by atoms with Gasteiger partial charge in [0.15, 0.2) is 0 Å². The van der Waals surface area contributed by atoms with E-state index in [1.54, 1.807) is 19.1 Å². The molecule has 0 fully saturated rings. The molecule has 0 unspecified atom stereocenters. The second kappa shape index (κ2) is 7.26. The molecule has 0 aliphatic rings. The van der Waals surface area contributed by atoms with E-state index in [9.17, 15) is 4.79 Å². The van der Waals surface area contributed by atoms with E-state index in [-0.39, 0.29) is 18.4 Å². The van der Waals surface area contributed by atoms with Crippen LogP contribution in [0.5, 0.6) is 0 Å². The summed E-state index contributed by atoms with van der Waals surface area (Å²) in [6, 6.07) is 7.40. The molecule has 0 radical (unpaired) electrons. The lowest BCUT2D eigenvalue weighted by molar-refractivity contribution is 0.0526. The summed E-state index contributed by atoms with van der Waals surface area (Å²) in [4.78, 5) is 11.3.